The highest BCUT2D eigenvalue weighted by atomic mass is 79.9. The summed E-state index contributed by atoms with van der Waals surface area (Å²) in [5, 5.41) is 0. The van der Waals surface area contributed by atoms with E-state index in [2.05, 4.69) is 57.5 Å². The maximum absolute atomic E-state index is 5.90. The molecule has 0 aliphatic heterocycles. The molecule has 0 aliphatic rings. The molecule has 5 heteroatoms. The topological polar surface area (TPSA) is 42.4 Å². The van der Waals surface area contributed by atoms with E-state index < -0.39 is 0 Å². The van der Waals surface area contributed by atoms with Crippen molar-refractivity contribution < 1.29 is 4.42 Å². The van der Waals surface area contributed by atoms with Gasteiger partial charge >= 0.3 is 0 Å². The second-order valence-corrected chi connectivity index (χ2v) is 5.68. The Kier molecular flexibility index (Phi) is 6.20. The van der Waals surface area contributed by atoms with Crippen molar-refractivity contribution in [3.05, 3.63) is 21.0 Å². The third-order valence-electron chi connectivity index (χ3n) is 3.14. The molecule has 3 nitrogen and oxygen atoms in total. The molecule has 98 valence electrons. The van der Waals surface area contributed by atoms with Gasteiger partial charge in [0, 0.05) is 12.6 Å². The van der Waals surface area contributed by atoms with Crippen LogP contribution in [0.25, 0.3) is 0 Å². The van der Waals surface area contributed by atoms with Gasteiger partial charge in [-0.1, -0.05) is 13.8 Å². The van der Waals surface area contributed by atoms with Gasteiger partial charge in [0.15, 0.2) is 4.67 Å². The van der Waals surface area contributed by atoms with E-state index in [0.29, 0.717) is 12.6 Å². The van der Waals surface area contributed by atoms with Crippen molar-refractivity contribution >= 4 is 31.9 Å². The molecule has 2 atom stereocenters. The number of nitrogens with zero attached hydrogens (tertiary/aromatic N) is 1. The second-order valence-electron chi connectivity index (χ2n) is 4.11. The molecule has 17 heavy (non-hydrogen) atoms. The van der Waals surface area contributed by atoms with Gasteiger partial charge in [0.1, 0.15) is 5.76 Å². The predicted octanol–water partition coefficient (Wildman–Crippen LogP) is 3.92. The molecule has 0 aliphatic carbocycles. The van der Waals surface area contributed by atoms with Crippen LogP contribution in [0.15, 0.2) is 19.6 Å². The van der Waals surface area contributed by atoms with Crippen LogP contribution in [0.3, 0.4) is 0 Å². The first kappa shape index (κ1) is 15.2. The van der Waals surface area contributed by atoms with Crippen LogP contribution in [-0.2, 0) is 0 Å². The molecule has 1 heterocycles. The Balaban J connectivity index is 2.96. The lowest BCUT2D eigenvalue weighted by Crippen LogP contribution is -2.39. The predicted molar refractivity (Wildman–Crippen MR) is 78.0 cm³/mol. The van der Waals surface area contributed by atoms with Crippen LogP contribution in [0.4, 0.5) is 0 Å². The van der Waals surface area contributed by atoms with Crippen LogP contribution in [0.1, 0.15) is 39.0 Å². The van der Waals surface area contributed by atoms with Crippen LogP contribution in [-0.4, -0.2) is 24.0 Å². The molecular weight excluding hydrogens is 348 g/mol. The smallest absolute Gasteiger partial charge is 0.183 e. The number of furan rings is 1. The van der Waals surface area contributed by atoms with E-state index in [0.717, 1.165) is 27.9 Å². The van der Waals surface area contributed by atoms with Gasteiger partial charge in [0.05, 0.1) is 10.5 Å². The molecule has 0 bridgehead atoms. The van der Waals surface area contributed by atoms with E-state index in [-0.39, 0.29) is 6.04 Å². The zero-order valence-corrected chi connectivity index (χ0v) is 13.7. The van der Waals surface area contributed by atoms with E-state index in [1.807, 2.05) is 6.07 Å². The lowest BCUT2D eigenvalue weighted by atomic mass is 10.1. The first-order chi connectivity index (χ1) is 8.04. The molecule has 0 aromatic carbocycles. The number of hydrogen-bond acceptors (Lipinski definition) is 3. The highest BCUT2D eigenvalue weighted by Gasteiger charge is 2.25. The van der Waals surface area contributed by atoms with Gasteiger partial charge in [-0.25, -0.2) is 0 Å². The Labute approximate surface area is 120 Å². The van der Waals surface area contributed by atoms with E-state index in [9.17, 15) is 0 Å². The van der Waals surface area contributed by atoms with Gasteiger partial charge in [0.2, 0.25) is 0 Å². The first-order valence-electron chi connectivity index (χ1n) is 5.95. The number of nitrogens with two attached hydrogens (primary N) is 1. The van der Waals surface area contributed by atoms with Crippen LogP contribution in [0, 0.1) is 0 Å². The SMILES string of the molecule is CCC(C)N(CC)C(CN)c1cc(Br)c(Br)o1. The Bertz CT molecular complexity index is 335. The molecule has 2 N–H and O–H groups in total. The molecule has 0 saturated heterocycles. The number of rotatable bonds is 6. The van der Waals surface area contributed by atoms with Crippen molar-refractivity contribution in [1.82, 2.24) is 4.90 Å². The lowest BCUT2D eigenvalue weighted by Gasteiger charge is -2.33. The summed E-state index contributed by atoms with van der Waals surface area (Å²) in [4.78, 5) is 2.37. The zero-order valence-electron chi connectivity index (χ0n) is 10.5. The fraction of sp³-hybridized carbons (Fsp3) is 0.667. The highest BCUT2D eigenvalue weighted by molar-refractivity contribution is 9.13. The third-order valence-corrected chi connectivity index (χ3v) is 4.85. The first-order valence-corrected chi connectivity index (χ1v) is 7.54. The Morgan fingerprint density at radius 3 is 2.41 bits per heavy atom. The number of halogens is 2. The second kappa shape index (κ2) is 6.92. The molecular formula is C12H20Br2N2O. The van der Waals surface area contributed by atoms with Crippen molar-refractivity contribution in [2.45, 2.75) is 39.3 Å². The summed E-state index contributed by atoms with van der Waals surface area (Å²) in [5.74, 6) is 0.911. The summed E-state index contributed by atoms with van der Waals surface area (Å²) in [6.45, 7) is 8.09. The average molecular weight is 368 g/mol. The Morgan fingerprint density at radius 1 is 1.41 bits per heavy atom. The van der Waals surface area contributed by atoms with Crippen molar-refractivity contribution in [3.63, 3.8) is 0 Å². The summed E-state index contributed by atoms with van der Waals surface area (Å²) < 4.78 is 7.36. The summed E-state index contributed by atoms with van der Waals surface area (Å²) in [7, 11) is 0. The van der Waals surface area contributed by atoms with Gasteiger partial charge in [-0.2, -0.15) is 0 Å². The summed E-state index contributed by atoms with van der Waals surface area (Å²) in [6, 6.07) is 2.63. The molecule has 0 radical (unpaired) electrons. The zero-order chi connectivity index (χ0) is 13.0. The average Bonchev–Trinajstić information content (AvgIpc) is 2.65. The van der Waals surface area contributed by atoms with Gasteiger partial charge < -0.3 is 10.2 Å². The van der Waals surface area contributed by atoms with E-state index in [1.54, 1.807) is 0 Å². The van der Waals surface area contributed by atoms with E-state index >= 15 is 0 Å². The van der Waals surface area contributed by atoms with Crippen molar-refractivity contribution in [2.75, 3.05) is 13.1 Å². The monoisotopic (exact) mass is 366 g/mol. The highest BCUT2D eigenvalue weighted by Crippen LogP contribution is 2.32. The van der Waals surface area contributed by atoms with Crippen LogP contribution in [0.2, 0.25) is 0 Å². The summed E-state index contributed by atoms with van der Waals surface area (Å²) in [6.07, 6.45) is 1.10. The maximum atomic E-state index is 5.90. The maximum Gasteiger partial charge on any atom is 0.183 e. The minimum absolute atomic E-state index is 0.137. The fourth-order valence-corrected chi connectivity index (χ4v) is 2.62. The van der Waals surface area contributed by atoms with Crippen LogP contribution in [0.5, 0.6) is 0 Å². The largest absolute Gasteiger partial charge is 0.451 e. The van der Waals surface area contributed by atoms with Crippen molar-refractivity contribution in [3.8, 4) is 0 Å². The van der Waals surface area contributed by atoms with E-state index in [4.69, 9.17) is 10.2 Å². The minimum atomic E-state index is 0.137. The molecule has 0 amide bonds. The summed E-state index contributed by atoms with van der Waals surface area (Å²) in [5.41, 5.74) is 5.90. The molecule has 1 rings (SSSR count). The lowest BCUT2D eigenvalue weighted by molar-refractivity contribution is 0.134. The number of likely N-dealkylation sites (N-methyl/N-ethyl adjacent to an activating group) is 1. The molecule has 0 fully saturated rings. The van der Waals surface area contributed by atoms with Crippen LogP contribution < -0.4 is 5.73 Å². The third kappa shape index (κ3) is 3.56. The van der Waals surface area contributed by atoms with Crippen LogP contribution >= 0.6 is 31.9 Å². The quantitative estimate of drug-likeness (QED) is 0.828. The number of hydrogen-bond donors (Lipinski definition) is 1. The summed E-state index contributed by atoms with van der Waals surface area (Å²) >= 11 is 6.80. The molecule has 1 aromatic heterocycles. The molecule has 2 unspecified atom stereocenters. The van der Waals surface area contributed by atoms with Gasteiger partial charge in [-0.15, -0.1) is 0 Å². The Morgan fingerprint density at radius 2 is 2.06 bits per heavy atom. The van der Waals surface area contributed by atoms with Crippen molar-refractivity contribution in [2.24, 2.45) is 5.73 Å². The van der Waals surface area contributed by atoms with Gasteiger partial charge in [-0.3, -0.25) is 4.90 Å². The molecule has 0 saturated carbocycles. The normalized spacial score (nSPS) is 15.2. The standard InChI is InChI=1S/C12H20Br2N2O/c1-4-8(3)16(5-2)10(7-15)11-6-9(13)12(14)17-11/h6,8,10H,4-5,7,15H2,1-3H3. The minimum Gasteiger partial charge on any atom is -0.451 e. The van der Waals surface area contributed by atoms with Crippen molar-refractivity contribution in [1.29, 1.82) is 0 Å². The Hall–Kier alpha value is 0.160. The molecule has 1 aromatic rings. The fourth-order valence-electron chi connectivity index (χ4n) is 2.02. The van der Waals surface area contributed by atoms with Gasteiger partial charge in [-0.05, 0) is 57.8 Å². The van der Waals surface area contributed by atoms with E-state index in [1.165, 1.54) is 0 Å². The van der Waals surface area contributed by atoms with Gasteiger partial charge in [0.25, 0.3) is 0 Å². The molecule has 0 spiro atoms.